The van der Waals surface area contributed by atoms with Gasteiger partial charge in [0.1, 0.15) is 12.2 Å². The maximum absolute atomic E-state index is 12.7. The summed E-state index contributed by atoms with van der Waals surface area (Å²) in [4.78, 5) is 37.0. The third kappa shape index (κ3) is 13.1. The van der Waals surface area contributed by atoms with Gasteiger partial charge in [-0.1, -0.05) is 70.5 Å². The number of esters is 2. The van der Waals surface area contributed by atoms with Gasteiger partial charge in [-0.05, 0) is 69.0 Å². The molecule has 0 saturated heterocycles. The maximum atomic E-state index is 12.7. The van der Waals surface area contributed by atoms with E-state index in [1.165, 1.54) is 0 Å². The van der Waals surface area contributed by atoms with E-state index in [1.807, 2.05) is 58.9 Å². The van der Waals surface area contributed by atoms with E-state index in [0.717, 1.165) is 24.0 Å². The minimum atomic E-state index is -2.56. The molecule has 2 aromatic carbocycles. The van der Waals surface area contributed by atoms with Crippen molar-refractivity contribution in [2.45, 2.75) is 98.1 Å². The van der Waals surface area contributed by atoms with Gasteiger partial charge in [0.25, 0.3) is 0 Å². The largest absolute Gasteiger partial charge is 0.478 e. The molecule has 11 heteroatoms. The number of amides is 1. The molecule has 0 fully saturated rings. The second-order valence-corrected chi connectivity index (χ2v) is 17.6. The summed E-state index contributed by atoms with van der Waals surface area (Å²) in [7, 11) is -2.56. The van der Waals surface area contributed by atoms with E-state index in [9.17, 15) is 14.4 Å². The van der Waals surface area contributed by atoms with Crippen LogP contribution < -0.4 is 14.8 Å². The van der Waals surface area contributed by atoms with E-state index >= 15 is 0 Å². The van der Waals surface area contributed by atoms with Crippen molar-refractivity contribution < 1.29 is 42.5 Å². The molecule has 250 valence electrons. The van der Waals surface area contributed by atoms with Gasteiger partial charge in [-0.2, -0.15) is 0 Å². The number of unbranched alkanes of at least 4 members (excludes halogenated alkanes) is 1. The van der Waals surface area contributed by atoms with Gasteiger partial charge in [-0.25, -0.2) is 14.4 Å². The fourth-order valence-electron chi connectivity index (χ4n) is 4.09. The van der Waals surface area contributed by atoms with Crippen molar-refractivity contribution in [3.8, 4) is 11.5 Å². The van der Waals surface area contributed by atoms with Crippen LogP contribution in [0.15, 0.2) is 48.5 Å². The smallest absolute Gasteiger partial charge is 0.407 e. The lowest BCUT2D eigenvalue weighted by molar-refractivity contribution is -0.148. The quantitative estimate of drug-likeness (QED) is 0.0887. The monoisotopic (exact) mass is 645 g/mol. The second kappa shape index (κ2) is 17.2. The molecule has 2 unspecified atom stereocenters. The summed E-state index contributed by atoms with van der Waals surface area (Å²) in [6.07, 6.45) is 1.28. The third-order valence-electron chi connectivity index (χ3n) is 7.18. The maximum Gasteiger partial charge on any atom is 0.407 e. The molecule has 0 radical (unpaired) electrons. The normalized spacial score (nSPS) is 13.6. The molecule has 0 aliphatic rings. The summed E-state index contributed by atoms with van der Waals surface area (Å²) >= 11 is 0. The fraction of sp³-hybridized carbons (Fsp3) is 0.559. The highest BCUT2D eigenvalue weighted by Crippen LogP contribution is 2.40. The SMILES string of the molecule is CCCCOC(=O)COc1ccccc1OCC(=O)OCc1ccccc1C(C)O[Si](C)(CNC(=O)OC(C)(C)C)C(C)(C)C. The van der Waals surface area contributed by atoms with Crippen molar-refractivity contribution >= 4 is 26.3 Å². The first-order valence-electron chi connectivity index (χ1n) is 15.4. The average Bonchev–Trinajstić information content (AvgIpc) is 2.96. The van der Waals surface area contributed by atoms with Crippen LogP contribution in [0.2, 0.25) is 11.6 Å². The van der Waals surface area contributed by atoms with Gasteiger partial charge in [0.15, 0.2) is 24.7 Å². The number of carbonyl (C=O) groups is 3. The number of hydrogen-bond donors (Lipinski definition) is 1. The van der Waals surface area contributed by atoms with E-state index in [-0.39, 0.29) is 31.0 Å². The van der Waals surface area contributed by atoms with Crippen molar-refractivity contribution in [2.75, 3.05) is 26.0 Å². The Labute approximate surface area is 269 Å². The van der Waals surface area contributed by atoms with Crippen LogP contribution >= 0.6 is 0 Å². The molecule has 0 aromatic heterocycles. The third-order valence-corrected chi connectivity index (χ3v) is 12.1. The van der Waals surface area contributed by atoms with E-state index in [2.05, 4.69) is 32.6 Å². The van der Waals surface area contributed by atoms with E-state index in [4.69, 9.17) is 28.1 Å². The van der Waals surface area contributed by atoms with Crippen LogP contribution in [0, 0.1) is 0 Å². The Morgan fingerprint density at radius 1 is 0.844 bits per heavy atom. The lowest BCUT2D eigenvalue weighted by Crippen LogP contribution is -2.54. The number of alkyl carbamates (subject to hydrolysis) is 1. The zero-order chi connectivity index (χ0) is 33.7. The lowest BCUT2D eigenvalue weighted by atomic mass is 10.0. The molecule has 10 nitrogen and oxygen atoms in total. The Hall–Kier alpha value is -3.57. The summed E-state index contributed by atoms with van der Waals surface area (Å²) in [6.45, 7) is 17.6. The summed E-state index contributed by atoms with van der Waals surface area (Å²) in [5.74, 6) is -0.409. The fourth-order valence-corrected chi connectivity index (χ4v) is 6.44. The van der Waals surface area contributed by atoms with Gasteiger partial charge >= 0.3 is 18.0 Å². The van der Waals surface area contributed by atoms with Crippen molar-refractivity contribution in [2.24, 2.45) is 0 Å². The van der Waals surface area contributed by atoms with Gasteiger partial charge in [-0.15, -0.1) is 0 Å². The van der Waals surface area contributed by atoms with Crippen LogP contribution in [0.1, 0.15) is 85.5 Å². The Morgan fingerprint density at radius 2 is 1.40 bits per heavy atom. The summed E-state index contributed by atoms with van der Waals surface area (Å²) < 4.78 is 34.1. The number of ether oxygens (including phenoxy) is 5. The minimum absolute atomic E-state index is 0.0256. The molecule has 0 bridgehead atoms. The molecule has 0 spiro atoms. The number of carbonyl (C=O) groups excluding carboxylic acids is 3. The molecule has 0 saturated carbocycles. The molecule has 1 amide bonds. The van der Waals surface area contributed by atoms with Crippen molar-refractivity contribution in [3.05, 3.63) is 59.7 Å². The van der Waals surface area contributed by atoms with Crippen molar-refractivity contribution in [1.82, 2.24) is 5.32 Å². The highest BCUT2D eigenvalue weighted by atomic mass is 28.4. The van der Waals surface area contributed by atoms with Gasteiger partial charge in [-0.3, -0.25) is 0 Å². The first-order valence-corrected chi connectivity index (χ1v) is 18.0. The lowest BCUT2D eigenvalue weighted by Gasteiger charge is -2.41. The van der Waals surface area contributed by atoms with Crippen LogP contribution in [0.5, 0.6) is 11.5 Å². The van der Waals surface area contributed by atoms with Crippen LogP contribution in [-0.2, 0) is 34.8 Å². The standard InChI is InChI=1S/C34H51NO9Si/c1-10-11-20-39-30(36)22-40-28-18-14-15-19-29(28)41-23-31(37)42-21-26-16-12-13-17-27(26)25(2)44-45(9,34(6,7)8)24-35-32(38)43-33(3,4)5/h12-19,25H,10-11,20-24H2,1-9H3,(H,35,38). The average molecular weight is 646 g/mol. The van der Waals surface area contributed by atoms with Crippen LogP contribution in [0.25, 0.3) is 0 Å². The van der Waals surface area contributed by atoms with Crippen LogP contribution in [0.3, 0.4) is 0 Å². The molecule has 2 aromatic rings. The first-order chi connectivity index (χ1) is 21.0. The molecule has 0 aliphatic carbocycles. The number of para-hydroxylation sites is 2. The number of rotatable bonds is 16. The molecule has 2 atom stereocenters. The molecular formula is C34H51NO9Si. The molecule has 0 heterocycles. The molecule has 2 rings (SSSR count). The van der Waals surface area contributed by atoms with Crippen molar-refractivity contribution in [1.29, 1.82) is 0 Å². The van der Waals surface area contributed by atoms with E-state index in [1.54, 1.807) is 24.3 Å². The number of benzene rings is 2. The van der Waals surface area contributed by atoms with Gasteiger partial charge < -0.3 is 33.4 Å². The van der Waals surface area contributed by atoms with Gasteiger partial charge in [0.2, 0.25) is 8.32 Å². The molecule has 1 N–H and O–H groups in total. The highest BCUT2D eigenvalue weighted by Gasteiger charge is 2.44. The zero-order valence-electron chi connectivity index (χ0n) is 28.3. The number of hydrogen-bond acceptors (Lipinski definition) is 9. The molecule has 45 heavy (non-hydrogen) atoms. The van der Waals surface area contributed by atoms with Crippen LogP contribution in [0.4, 0.5) is 4.79 Å². The number of nitrogens with one attached hydrogen (secondary N) is 1. The van der Waals surface area contributed by atoms with Crippen molar-refractivity contribution in [3.63, 3.8) is 0 Å². The first kappa shape index (κ1) is 37.6. The predicted molar refractivity (Wildman–Crippen MR) is 175 cm³/mol. The Bertz CT molecular complexity index is 1250. The Morgan fingerprint density at radius 3 is 1.96 bits per heavy atom. The summed E-state index contributed by atoms with van der Waals surface area (Å²) in [6, 6.07) is 14.4. The topological polar surface area (TPSA) is 119 Å². The highest BCUT2D eigenvalue weighted by molar-refractivity contribution is 6.75. The minimum Gasteiger partial charge on any atom is -0.478 e. The molecule has 0 aliphatic heterocycles. The zero-order valence-corrected chi connectivity index (χ0v) is 29.3. The van der Waals surface area contributed by atoms with E-state index < -0.39 is 32.0 Å². The molecular weight excluding hydrogens is 594 g/mol. The van der Waals surface area contributed by atoms with Crippen LogP contribution in [-0.4, -0.2) is 57.9 Å². The van der Waals surface area contributed by atoms with Gasteiger partial charge in [0.05, 0.1) is 12.7 Å². The van der Waals surface area contributed by atoms with E-state index in [0.29, 0.717) is 24.3 Å². The Kier molecular flexibility index (Phi) is 14.4. The summed E-state index contributed by atoms with van der Waals surface area (Å²) in [5.41, 5.74) is 1.09. The summed E-state index contributed by atoms with van der Waals surface area (Å²) in [5, 5.41) is 2.71. The second-order valence-electron chi connectivity index (χ2n) is 13.1. The predicted octanol–water partition coefficient (Wildman–Crippen LogP) is 7.05. The van der Waals surface area contributed by atoms with Gasteiger partial charge in [0, 0.05) is 6.17 Å². The Balaban J connectivity index is 2.00.